The fraction of sp³-hybridized carbons (Fsp3) is 0.529. The molecule has 0 aromatic heterocycles. The second-order valence-corrected chi connectivity index (χ2v) is 5.75. The second-order valence-electron chi connectivity index (χ2n) is 5.75. The predicted octanol–water partition coefficient (Wildman–Crippen LogP) is 3.07. The lowest BCUT2D eigenvalue weighted by Gasteiger charge is -2.25. The molecule has 1 fully saturated rings. The van der Waals surface area contributed by atoms with Crippen LogP contribution < -0.4 is 10.6 Å². The largest absolute Gasteiger partial charge is 0.375 e. The van der Waals surface area contributed by atoms with Crippen molar-refractivity contribution in [2.75, 3.05) is 37.4 Å². The minimum Gasteiger partial charge on any atom is -0.375 e. The van der Waals surface area contributed by atoms with Gasteiger partial charge in [-0.3, -0.25) is 4.79 Å². The summed E-state index contributed by atoms with van der Waals surface area (Å²) in [7, 11) is 1.47. The summed E-state index contributed by atoms with van der Waals surface area (Å²) < 4.78 is 4.78. The molecule has 23 heavy (non-hydrogen) atoms. The lowest BCUT2D eigenvalue weighted by atomic mass is 10.1. The van der Waals surface area contributed by atoms with Crippen LogP contribution in [-0.2, 0) is 9.53 Å². The number of urea groups is 1. The van der Waals surface area contributed by atoms with E-state index in [4.69, 9.17) is 4.74 Å². The maximum atomic E-state index is 12.4. The molecule has 2 N–H and O–H groups in total. The molecule has 0 atom stereocenters. The number of likely N-dealkylation sites (tertiary alicyclic amines) is 1. The lowest BCUT2D eigenvalue weighted by Crippen LogP contribution is -2.37. The van der Waals surface area contributed by atoms with Gasteiger partial charge in [-0.25, -0.2) is 4.79 Å². The number of carbonyl (C=O) groups is 2. The van der Waals surface area contributed by atoms with Crippen molar-refractivity contribution < 1.29 is 14.3 Å². The molecular formula is C17H25N3O3. The zero-order valence-corrected chi connectivity index (χ0v) is 13.6. The minimum atomic E-state index is -0.222. The standard InChI is InChI=1S/C17H25N3O3/c1-23-13-16(21)18-14-8-7-9-15(12-14)19-17(22)20-10-5-3-2-4-6-11-20/h7-9,12H,2-6,10-11,13H2,1H3,(H,18,21)(H,19,22). The maximum absolute atomic E-state index is 12.4. The summed E-state index contributed by atoms with van der Waals surface area (Å²) in [5.74, 6) is -0.222. The predicted molar refractivity (Wildman–Crippen MR) is 90.6 cm³/mol. The van der Waals surface area contributed by atoms with E-state index in [1.807, 2.05) is 11.0 Å². The fourth-order valence-corrected chi connectivity index (χ4v) is 2.66. The molecule has 1 heterocycles. The number of carbonyl (C=O) groups excluding carboxylic acids is 2. The molecule has 1 aromatic rings. The molecule has 0 unspecified atom stereocenters. The Bertz CT molecular complexity index is 526. The molecule has 1 aliphatic heterocycles. The highest BCUT2D eigenvalue weighted by Gasteiger charge is 2.15. The molecule has 0 aliphatic carbocycles. The van der Waals surface area contributed by atoms with Crippen LogP contribution in [0.25, 0.3) is 0 Å². The van der Waals surface area contributed by atoms with Gasteiger partial charge in [0.15, 0.2) is 0 Å². The summed E-state index contributed by atoms with van der Waals surface area (Å²) in [5.41, 5.74) is 1.31. The second kappa shape index (κ2) is 9.15. The van der Waals surface area contributed by atoms with Crippen molar-refractivity contribution in [2.24, 2.45) is 0 Å². The minimum absolute atomic E-state index is 0.00433. The van der Waals surface area contributed by atoms with Crippen LogP contribution in [0.15, 0.2) is 24.3 Å². The third-order valence-electron chi connectivity index (χ3n) is 3.82. The van der Waals surface area contributed by atoms with Gasteiger partial charge in [0, 0.05) is 31.6 Å². The number of nitrogens with zero attached hydrogens (tertiary/aromatic N) is 1. The molecule has 3 amide bonds. The number of nitrogens with one attached hydrogen (secondary N) is 2. The highest BCUT2D eigenvalue weighted by molar-refractivity contribution is 5.94. The van der Waals surface area contributed by atoms with E-state index in [1.165, 1.54) is 26.4 Å². The van der Waals surface area contributed by atoms with Gasteiger partial charge < -0.3 is 20.3 Å². The molecule has 0 bridgehead atoms. The number of benzene rings is 1. The zero-order valence-electron chi connectivity index (χ0n) is 13.6. The van der Waals surface area contributed by atoms with Crippen LogP contribution in [0.4, 0.5) is 16.2 Å². The molecule has 0 spiro atoms. The van der Waals surface area contributed by atoms with E-state index in [2.05, 4.69) is 10.6 Å². The Hall–Kier alpha value is -2.08. The topological polar surface area (TPSA) is 70.7 Å². The van der Waals surface area contributed by atoms with Gasteiger partial charge >= 0.3 is 6.03 Å². The first-order valence-corrected chi connectivity index (χ1v) is 8.14. The summed E-state index contributed by atoms with van der Waals surface area (Å²) in [6, 6.07) is 7.06. The number of hydrogen-bond acceptors (Lipinski definition) is 3. The molecule has 1 aliphatic rings. The molecular weight excluding hydrogens is 294 g/mol. The van der Waals surface area contributed by atoms with E-state index in [0.717, 1.165) is 25.9 Å². The van der Waals surface area contributed by atoms with E-state index in [-0.39, 0.29) is 18.5 Å². The molecule has 6 heteroatoms. The van der Waals surface area contributed by atoms with Gasteiger partial charge in [0.1, 0.15) is 6.61 Å². The van der Waals surface area contributed by atoms with Crippen molar-refractivity contribution in [1.29, 1.82) is 0 Å². The summed E-state index contributed by atoms with van der Waals surface area (Å²) in [6.45, 7) is 1.61. The zero-order chi connectivity index (χ0) is 16.5. The molecule has 1 aromatic carbocycles. The van der Waals surface area contributed by atoms with Crippen LogP contribution in [-0.4, -0.2) is 43.6 Å². The van der Waals surface area contributed by atoms with Gasteiger partial charge in [-0.15, -0.1) is 0 Å². The van der Waals surface area contributed by atoms with Crippen LogP contribution >= 0.6 is 0 Å². The molecule has 2 rings (SSSR count). The number of amides is 3. The first-order chi connectivity index (χ1) is 11.2. The van der Waals surface area contributed by atoms with Crippen LogP contribution in [0.3, 0.4) is 0 Å². The average Bonchev–Trinajstić information content (AvgIpc) is 2.47. The van der Waals surface area contributed by atoms with Crippen molar-refractivity contribution in [3.05, 3.63) is 24.3 Å². The molecule has 6 nitrogen and oxygen atoms in total. The van der Waals surface area contributed by atoms with Crippen molar-refractivity contribution in [3.8, 4) is 0 Å². The Morgan fingerprint density at radius 3 is 2.30 bits per heavy atom. The number of methoxy groups -OCH3 is 1. The van der Waals surface area contributed by atoms with E-state index in [9.17, 15) is 9.59 Å². The smallest absolute Gasteiger partial charge is 0.321 e. The van der Waals surface area contributed by atoms with Gasteiger partial charge in [0.2, 0.25) is 5.91 Å². The normalized spacial score (nSPS) is 15.4. The summed E-state index contributed by atoms with van der Waals surface area (Å²) in [4.78, 5) is 25.8. The Balaban J connectivity index is 1.93. The molecule has 1 saturated heterocycles. The molecule has 0 saturated carbocycles. The number of ether oxygens (including phenoxy) is 1. The first-order valence-electron chi connectivity index (χ1n) is 8.14. The van der Waals surface area contributed by atoms with Crippen LogP contribution in [0, 0.1) is 0 Å². The lowest BCUT2D eigenvalue weighted by molar-refractivity contribution is -0.119. The Kier molecular flexibility index (Phi) is 6.87. The molecule has 0 radical (unpaired) electrons. The monoisotopic (exact) mass is 319 g/mol. The van der Waals surface area contributed by atoms with Crippen LogP contribution in [0.5, 0.6) is 0 Å². The van der Waals surface area contributed by atoms with Gasteiger partial charge in [0.05, 0.1) is 0 Å². The van der Waals surface area contributed by atoms with E-state index in [0.29, 0.717) is 11.4 Å². The fourth-order valence-electron chi connectivity index (χ4n) is 2.66. The Morgan fingerprint density at radius 1 is 1.04 bits per heavy atom. The Labute approximate surface area is 137 Å². The first kappa shape index (κ1) is 17.3. The van der Waals surface area contributed by atoms with E-state index >= 15 is 0 Å². The van der Waals surface area contributed by atoms with Crippen molar-refractivity contribution in [2.45, 2.75) is 32.1 Å². The number of hydrogen-bond donors (Lipinski definition) is 2. The number of anilines is 2. The third kappa shape index (κ3) is 5.90. The average molecular weight is 319 g/mol. The summed E-state index contributed by atoms with van der Waals surface area (Å²) >= 11 is 0. The number of rotatable bonds is 4. The van der Waals surface area contributed by atoms with E-state index < -0.39 is 0 Å². The van der Waals surface area contributed by atoms with Gasteiger partial charge in [-0.1, -0.05) is 25.3 Å². The van der Waals surface area contributed by atoms with E-state index in [1.54, 1.807) is 18.2 Å². The van der Waals surface area contributed by atoms with Gasteiger partial charge in [-0.05, 0) is 31.0 Å². The molecule has 126 valence electrons. The summed E-state index contributed by atoms with van der Waals surface area (Å²) in [6.07, 6.45) is 5.75. The Morgan fingerprint density at radius 2 is 1.65 bits per heavy atom. The van der Waals surface area contributed by atoms with Crippen LogP contribution in [0.1, 0.15) is 32.1 Å². The van der Waals surface area contributed by atoms with Crippen molar-refractivity contribution >= 4 is 23.3 Å². The quantitative estimate of drug-likeness (QED) is 0.896. The van der Waals surface area contributed by atoms with Crippen molar-refractivity contribution in [3.63, 3.8) is 0 Å². The van der Waals surface area contributed by atoms with Crippen molar-refractivity contribution in [1.82, 2.24) is 4.90 Å². The van der Waals surface area contributed by atoms with Crippen LogP contribution in [0.2, 0.25) is 0 Å². The summed E-state index contributed by atoms with van der Waals surface area (Å²) in [5, 5.41) is 5.64. The van der Waals surface area contributed by atoms with Gasteiger partial charge in [-0.2, -0.15) is 0 Å². The highest BCUT2D eigenvalue weighted by Crippen LogP contribution is 2.17. The maximum Gasteiger partial charge on any atom is 0.321 e. The highest BCUT2D eigenvalue weighted by atomic mass is 16.5. The van der Waals surface area contributed by atoms with Gasteiger partial charge in [0.25, 0.3) is 0 Å². The third-order valence-corrected chi connectivity index (χ3v) is 3.82. The SMILES string of the molecule is COCC(=O)Nc1cccc(NC(=O)N2CCCCCCC2)c1.